The van der Waals surface area contributed by atoms with Gasteiger partial charge in [-0.1, -0.05) is 48.5 Å². The molecule has 0 unspecified atom stereocenters. The lowest BCUT2D eigenvalue weighted by Crippen LogP contribution is -2.23. The van der Waals surface area contributed by atoms with Crippen molar-refractivity contribution in [2.24, 2.45) is 0 Å². The lowest BCUT2D eigenvalue weighted by atomic mass is 10.1. The molecule has 0 aliphatic heterocycles. The molecule has 0 saturated heterocycles. The summed E-state index contributed by atoms with van der Waals surface area (Å²) in [5, 5.41) is 2.71. The summed E-state index contributed by atoms with van der Waals surface area (Å²) in [6.45, 7) is 4.23. The molecule has 0 atom stereocenters. The average molecular weight is 358 g/mol. The number of sulfonamides is 1. The summed E-state index contributed by atoms with van der Waals surface area (Å²) in [6, 6.07) is 15.9. The van der Waals surface area contributed by atoms with Crippen molar-refractivity contribution in [3.8, 4) is 0 Å². The second-order valence-electron chi connectivity index (χ2n) is 5.55. The Morgan fingerprint density at radius 1 is 1.00 bits per heavy atom. The maximum Gasteiger partial charge on any atom is 0.240 e. The van der Waals surface area contributed by atoms with Gasteiger partial charge in [0.25, 0.3) is 0 Å². The van der Waals surface area contributed by atoms with Gasteiger partial charge in [-0.3, -0.25) is 4.79 Å². The molecule has 2 aromatic carbocycles. The zero-order valence-electron chi connectivity index (χ0n) is 13.9. The Hall–Kier alpha value is -2.44. The number of hydrogen-bond donors (Lipinski definition) is 2. The number of benzene rings is 2. The van der Waals surface area contributed by atoms with Crippen LogP contribution in [-0.4, -0.2) is 20.9 Å². The quantitative estimate of drug-likeness (QED) is 0.676. The third-order valence-corrected chi connectivity index (χ3v) is 5.04. The maximum atomic E-state index is 12.3. The Bertz CT molecular complexity index is 800. The van der Waals surface area contributed by atoms with Crippen LogP contribution in [0.15, 0.2) is 72.1 Å². The van der Waals surface area contributed by atoms with Crippen molar-refractivity contribution < 1.29 is 13.2 Å². The van der Waals surface area contributed by atoms with Crippen LogP contribution in [0.1, 0.15) is 17.5 Å². The standard InChI is InChI=1S/C19H22N2O3S/c1-2-14-20-19(22)13-10-16-8-11-18(12-9-16)25(23,24)21-15-17-6-4-3-5-7-17/h2-9,11-12,21H,1,10,13-15H2,(H,20,22). The van der Waals surface area contributed by atoms with Gasteiger partial charge in [0.1, 0.15) is 0 Å². The van der Waals surface area contributed by atoms with E-state index in [1.165, 1.54) is 0 Å². The fourth-order valence-corrected chi connectivity index (χ4v) is 3.24. The van der Waals surface area contributed by atoms with E-state index in [1.807, 2.05) is 30.3 Å². The first-order valence-electron chi connectivity index (χ1n) is 8.01. The third kappa shape index (κ3) is 6.17. The van der Waals surface area contributed by atoms with E-state index in [0.717, 1.165) is 11.1 Å². The molecule has 1 amide bonds. The molecular weight excluding hydrogens is 336 g/mol. The van der Waals surface area contributed by atoms with Crippen molar-refractivity contribution in [3.63, 3.8) is 0 Å². The first-order valence-corrected chi connectivity index (χ1v) is 9.50. The summed E-state index contributed by atoms with van der Waals surface area (Å²) >= 11 is 0. The number of hydrogen-bond acceptors (Lipinski definition) is 3. The predicted octanol–water partition coefficient (Wildman–Crippen LogP) is 2.40. The van der Waals surface area contributed by atoms with Crippen molar-refractivity contribution in [1.82, 2.24) is 10.0 Å². The smallest absolute Gasteiger partial charge is 0.240 e. The molecule has 0 saturated carbocycles. The van der Waals surface area contributed by atoms with Crippen LogP contribution in [0.4, 0.5) is 0 Å². The molecule has 0 aliphatic rings. The van der Waals surface area contributed by atoms with Crippen molar-refractivity contribution in [2.45, 2.75) is 24.3 Å². The first-order chi connectivity index (χ1) is 12.0. The zero-order valence-corrected chi connectivity index (χ0v) is 14.8. The largest absolute Gasteiger partial charge is 0.353 e. The number of carbonyl (C=O) groups is 1. The molecule has 0 radical (unpaired) electrons. The second-order valence-corrected chi connectivity index (χ2v) is 7.31. The van der Waals surface area contributed by atoms with Crippen molar-refractivity contribution in [1.29, 1.82) is 0 Å². The minimum absolute atomic E-state index is 0.0545. The van der Waals surface area contributed by atoms with E-state index < -0.39 is 10.0 Å². The van der Waals surface area contributed by atoms with Crippen LogP contribution in [0.2, 0.25) is 0 Å². The lowest BCUT2D eigenvalue weighted by molar-refractivity contribution is -0.120. The molecule has 0 bridgehead atoms. The Morgan fingerprint density at radius 3 is 2.32 bits per heavy atom. The highest BCUT2D eigenvalue weighted by molar-refractivity contribution is 7.89. The second kappa shape index (κ2) is 9.15. The van der Waals surface area contributed by atoms with Gasteiger partial charge in [-0.15, -0.1) is 6.58 Å². The Kier molecular flexibility index (Phi) is 6.91. The first kappa shape index (κ1) is 18.9. The van der Waals surface area contributed by atoms with Gasteiger partial charge >= 0.3 is 0 Å². The summed E-state index contributed by atoms with van der Waals surface area (Å²) in [4.78, 5) is 11.8. The van der Waals surface area contributed by atoms with Gasteiger partial charge in [-0.25, -0.2) is 13.1 Å². The Morgan fingerprint density at radius 2 is 1.68 bits per heavy atom. The van der Waals surface area contributed by atoms with Crippen molar-refractivity contribution in [2.75, 3.05) is 6.54 Å². The third-order valence-electron chi connectivity index (χ3n) is 3.63. The summed E-state index contributed by atoms with van der Waals surface area (Å²) in [5.74, 6) is -0.0545. The minimum atomic E-state index is -3.56. The SMILES string of the molecule is C=CCNC(=O)CCc1ccc(S(=O)(=O)NCc2ccccc2)cc1. The highest BCUT2D eigenvalue weighted by Gasteiger charge is 2.13. The van der Waals surface area contributed by atoms with Gasteiger partial charge in [-0.2, -0.15) is 0 Å². The van der Waals surface area contributed by atoms with Crippen LogP contribution in [0.5, 0.6) is 0 Å². The van der Waals surface area contributed by atoms with Crippen LogP contribution in [0.3, 0.4) is 0 Å². The molecule has 0 fully saturated rings. The monoisotopic (exact) mass is 358 g/mol. The van der Waals surface area contributed by atoms with E-state index in [1.54, 1.807) is 30.3 Å². The van der Waals surface area contributed by atoms with Crippen LogP contribution in [-0.2, 0) is 27.8 Å². The topological polar surface area (TPSA) is 75.3 Å². The molecule has 5 nitrogen and oxygen atoms in total. The summed E-state index contributed by atoms with van der Waals surface area (Å²) in [7, 11) is -3.56. The highest BCUT2D eigenvalue weighted by Crippen LogP contribution is 2.12. The van der Waals surface area contributed by atoms with Crippen LogP contribution >= 0.6 is 0 Å². The van der Waals surface area contributed by atoms with Gasteiger partial charge in [0, 0.05) is 19.5 Å². The molecule has 0 aromatic heterocycles. The minimum Gasteiger partial charge on any atom is -0.353 e. The van der Waals surface area contributed by atoms with Crippen molar-refractivity contribution >= 4 is 15.9 Å². The number of amides is 1. The molecule has 0 aliphatic carbocycles. The van der Waals surface area contributed by atoms with Gasteiger partial charge < -0.3 is 5.32 Å². The molecule has 0 heterocycles. The molecule has 132 valence electrons. The van der Waals surface area contributed by atoms with Gasteiger partial charge in [-0.05, 0) is 29.7 Å². The summed E-state index contributed by atoms with van der Waals surface area (Å²) in [5.41, 5.74) is 1.81. The Labute approximate surface area is 148 Å². The molecular formula is C19H22N2O3S. The molecule has 2 N–H and O–H groups in total. The van der Waals surface area contributed by atoms with Crippen LogP contribution in [0, 0.1) is 0 Å². The zero-order chi connectivity index (χ0) is 18.1. The fraction of sp³-hybridized carbons (Fsp3) is 0.211. The number of aryl methyl sites for hydroxylation is 1. The van der Waals surface area contributed by atoms with E-state index in [0.29, 0.717) is 19.4 Å². The van der Waals surface area contributed by atoms with E-state index in [9.17, 15) is 13.2 Å². The van der Waals surface area contributed by atoms with E-state index >= 15 is 0 Å². The molecule has 25 heavy (non-hydrogen) atoms. The van der Waals surface area contributed by atoms with Gasteiger partial charge in [0.05, 0.1) is 4.90 Å². The Balaban J connectivity index is 1.91. The number of nitrogens with one attached hydrogen (secondary N) is 2. The fourth-order valence-electron chi connectivity index (χ4n) is 2.23. The van der Waals surface area contributed by atoms with Crippen LogP contribution < -0.4 is 10.0 Å². The predicted molar refractivity (Wildman–Crippen MR) is 98.4 cm³/mol. The van der Waals surface area contributed by atoms with Gasteiger partial charge in [0.2, 0.25) is 15.9 Å². The molecule has 2 aromatic rings. The average Bonchev–Trinajstić information content (AvgIpc) is 2.64. The summed E-state index contributed by atoms with van der Waals surface area (Å²) in [6.07, 6.45) is 2.53. The van der Waals surface area contributed by atoms with Crippen LogP contribution in [0.25, 0.3) is 0 Å². The highest BCUT2D eigenvalue weighted by atomic mass is 32.2. The molecule has 0 spiro atoms. The maximum absolute atomic E-state index is 12.3. The lowest BCUT2D eigenvalue weighted by Gasteiger charge is -2.08. The van der Waals surface area contributed by atoms with E-state index in [2.05, 4.69) is 16.6 Å². The summed E-state index contributed by atoms with van der Waals surface area (Å²) < 4.78 is 27.2. The number of carbonyl (C=O) groups excluding carboxylic acids is 1. The number of rotatable bonds is 9. The van der Waals surface area contributed by atoms with Gasteiger partial charge in [0.15, 0.2) is 0 Å². The van der Waals surface area contributed by atoms with Crippen molar-refractivity contribution in [3.05, 3.63) is 78.4 Å². The molecule has 6 heteroatoms. The van der Waals surface area contributed by atoms with E-state index in [4.69, 9.17) is 0 Å². The molecule has 2 rings (SSSR count). The van der Waals surface area contributed by atoms with E-state index in [-0.39, 0.29) is 17.3 Å². The normalized spacial score (nSPS) is 11.0.